The summed E-state index contributed by atoms with van der Waals surface area (Å²) in [7, 11) is 0. The number of aryl methyl sites for hydroxylation is 2. The van der Waals surface area contributed by atoms with Crippen molar-refractivity contribution >= 4 is 0 Å². The molecule has 0 fully saturated rings. The molecule has 0 aromatic carbocycles. The summed E-state index contributed by atoms with van der Waals surface area (Å²) >= 11 is 0. The summed E-state index contributed by atoms with van der Waals surface area (Å²) in [5.41, 5.74) is 1.24. The van der Waals surface area contributed by atoms with Crippen LogP contribution in [0.1, 0.15) is 25.0 Å². The van der Waals surface area contributed by atoms with Crippen LogP contribution >= 0.6 is 0 Å². The molecule has 2 nitrogen and oxygen atoms in total. The quantitative estimate of drug-likeness (QED) is 0.483. The molecular weight excluding hydrogens is 148 g/mol. The third-order valence-corrected chi connectivity index (χ3v) is 1.98. The Hall–Kier alpha value is -1.05. The van der Waals surface area contributed by atoms with Crippen molar-refractivity contribution in [3.05, 3.63) is 30.9 Å². The van der Waals surface area contributed by atoms with E-state index in [1.807, 2.05) is 18.6 Å². The molecule has 0 N–H and O–H groups in total. The van der Waals surface area contributed by atoms with Crippen LogP contribution in [0.4, 0.5) is 0 Å². The number of imidazole rings is 1. The summed E-state index contributed by atoms with van der Waals surface area (Å²) in [5.74, 6) is 0. The molecule has 66 valence electrons. The smallest absolute Gasteiger partial charge is 0.0948 e. The number of allylic oxidation sites excluding steroid dienone is 1. The largest absolute Gasteiger partial charge is 0.335 e. The number of hydrogen-bond acceptors (Lipinski definition) is 1. The lowest BCUT2D eigenvalue weighted by atomic mass is 10.2. The van der Waals surface area contributed by atoms with Gasteiger partial charge in [0.1, 0.15) is 0 Å². The topological polar surface area (TPSA) is 17.8 Å². The average molecular weight is 164 g/mol. The van der Waals surface area contributed by atoms with Crippen molar-refractivity contribution in [1.29, 1.82) is 0 Å². The summed E-state index contributed by atoms with van der Waals surface area (Å²) in [5, 5.41) is 0. The van der Waals surface area contributed by atoms with E-state index in [0.29, 0.717) is 0 Å². The zero-order valence-electron chi connectivity index (χ0n) is 7.66. The lowest BCUT2D eigenvalue weighted by Gasteiger charge is -2.02. The number of unbranched alkanes of at least 4 members (excludes halogenated alkanes) is 2. The predicted octanol–water partition coefficient (Wildman–Crippen LogP) is 2.55. The van der Waals surface area contributed by atoms with Crippen molar-refractivity contribution < 1.29 is 0 Å². The fourth-order valence-corrected chi connectivity index (χ4v) is 1.19. The van der Waals surface area contributed by atoms with Crippen LogP contribution in [0.5, 0.6) is 0 Å². The van der Waals surface area contributed by atoms with Gasteiger partial charge in [-0.05, 0) is 26.2 Å². The van der Waals surface area contributed by atoms with E-state index >= 15 is 0 Å². The molecule has 1 aromatic heterocycles. The molecule has 0 aliphatic rings. The molecule has 0 unspecified atom stereocenters. The van der Waals surface area contributed by atoms with E-state index in [1.165, 1.54) is 18.5 Å². The Kier molecular flexibility index (Phi) is 3.58. The maximum absolute atomic E-state index is 4.06. The highest BCUT2D eigenvalue weighted by molar-refractivity contribution is 4.93. The number of nitrogens with zero attached hydrogens (tertiary/aromatic N) is 2. The molecule has 0 spiro atoms. The average Bonchev–Trinajstić information content (AvgIpc) is 2.46. The van der Waals surface area contributed by atoms with E-state index in [-0.39, 0.29) is 0 Å². The highest BCUT2D eigenvalue weighted by atomic mass is 15.0. The zero-order valence-corrected chi connectivity index (χ0v) is 7.66. The van der Waals surface area contributed by atoms with Gasteiger partial charge in [0.25, 0.3) is 0 Å². The van der Waals surface area contributed by atoms with Gasteiger partial charge >= 0.3 is 0 Å². The van der Waals surface area contributed by atoms with E-state index in [1.54, 1.807) is 0 Å². The monoisotopic (exact) mass is 164 g/mol. The van der Waals surface area contributed by atoms with Gasteiger partial charge in [0.15, 0.2) is 0 Å². The van der Waals surface area contributed by atoms with Gasteiger partial charge in [0.05, 0.1) is 6.33 Å². The summed E-state index contributed by atoms with van der Waals surface area (Å²) in [6.07, 6.45) is 9.32. The summed E-state index contributed by atoms with van der Waals surface area (Å²) in [6.45, 7) is 6.86. The van der Waals surface area contributed by atoms with E-state index in [0.717, 1.165) is 13.0 Å². The van der Waals surface area contributed by atoms with Crippen LogP contribution in [0.3, 0.4) is 0 Å². The minimum absolute atomic E-state index is 1.08. The third kappa shape index (κ3) is 2.53. The van der Waals surface area contributed by atoms with Gasteiger partial charge < -0.3 is 4.57 Å². The second-order valence-corrected chi connectivity index (χ2v) is 3.01. The maximum atomic E-state index is 4.06. The van der Waals surface area contributed by atoms with Gasteiger partial charge in [-0.25, -0.2) is 4.98 Å². The maximum Gasteiger partial charge on any atom is 0.0948 e. The fraction of sp³-hybridized carbons (Fsp3) is 0.500. The normalized spacial score (nSPS) is 10.1. The van der Waals surface area contributed by atoms with E-state index in [4.69, 9.17) is 0 Å². The molecule has 0 radical (unpaired) electrons. The lowest BCUT2D eigenvalue weighted by molar-refractivity contribution is 0.603. The molecule has 0 amide bonds. The fourth-order valence-electron chi connectivity index (χ4n) is 1.19. The molecule has 1 rings (SSSR count). The molecule has 12 heavy (non-hydrogen) atoms. The van der Waals surface area contributed by atoms with Crippen molar-refractivity contribution in [2.75, 3.05) is 0 Å². The van der Waals surface area contributed by atoms with Gasteiger partial charge in [0.2, 0.25) is 0 Å². The summed E-state index contributed by atoms with van der Waals surface area (Å²) < 4.78 is 2.18. The lowest BCUT2D eigenvalue weighted by Crippen LogP contribution is -1.97. The molecule has 1 heterocycles. The Morgan fingerprint density at radius 3 is 3.00 bits per heavy atom. The highest BCUT2D eigenvalue weighted by Gasteiger charge is 1.94. The molecule has 2 heteroatoms. The first-order chi connectivity index (χ1) is 5.84. The zero-order chi connectivity index (χ0) is 8.81. The van der Waals surface area contributed by atoms with Crippen molar-refractivity contribution in [1.82, 2.24) is 9.55 Å². The van der Waals surface area contributed by atoms with Crippen molar-refractivity contribution in [2.24, 2.45) is 0 Å². The van der Waals surface area contributed by atoms with Crippen LogP contribution in [0, 0.1) is 6.92 Å². The number of aromatic nitrogens is 2. The molecule has 0 atom stereocenters. The molecular formula is C10H16N2. The molecule has 1 aromatic rings. The third-order valence-electron chi connectivity index (χ3n) is 1.98. The van der Waals surface area contributed by atoms with Gasteiger partial charge in [-0.2, -0.15) is 0 Å². The standard InChI is InChI=1S/C10H16N2/c1-3-4-5-6-7-12-9-11-8-10(12)2/h3,8-9H,1,4-7H2,2H3. The van der Waals surface area contributed by atoms with Crippen molar-refractivity contribution in [2.45, 2.75) is 32.7 Å². The van der Waals surface area contributed by atoms with Crippen LogP contribution in [0.15, 0.2) is 25.2 Å². The van der Waals surface area contributed by atoms with Crippen LogP contribution in [-0.2, 0) is 6.54 Å². The number of rotatable bonds is 5. The van der Waals surface area contributed by atoms with E-state index < -0.39 is 0 Å². The molecule has 0 bridgehead atoms. The first kappa shape index (κ1) is 9.04. The van der Waals surface area contributed by atoms with Gasteiger partial charge in [-0.1, -0.05) is 6.08 Å². The van der Waals surface area contributed by atoms with Crippen molar-refractivity contribution in [3.8, 4) is 0 Å². The Morgan fingerprint density at radius 1 is 1.58 bits per heavy atom. The first-order valence-electron chi connectivity index (χ1n) is 4.42. The van der Waals surface area contributed by atoms with E-state index in [2.05, 4.69) is 23.1 Å². The summed E-state index contributed by atoms with van der Waals surface area (Å²) in [4.78, 5) is 4.06. The minimum Gasteiger partial charge on any atom is -0.335 e. The number of hydrogen-bond donors (Lipinski definition) is 0. The van der Waals surface area contributed by atoms with Gasteiger partial charge in [0, 0.05) is 18.4 Å². The molecule has 0 aliphatic heterocycles. The Morgan fingerprint density at radius 2 is 2.42 bits per heavy atom. The second kappa shape index (κ2) is 4.75. The highest BCUT2D eigenvalue weighted by Crippen LogP contribution is 2.02. The van der Waals surface area contributed by atoms with Crippen LogP contribution in [0.25, 0.3) is 0 Å². The molecule has 0 aliphatic carbocycles. The Labute approximate surface area is 73.9 Å². The Bertz CT molecular complexity index is 238. The van der Waals surface area contributed by atoms with Crippen LogP contribution < -0.4 is 0 Å². The first-order valence-corrected chi connectivity index (χ1v) is 4.42. The van der Waals surface area contributed by atoms with Gasteiger partial charge in [-0.3, -0.25) is 0 Å². The Balaban J connectivity index is 2.24. The van der Waals surface area contributed by atoms with Crippen LogP contribution in [-0.4, -0.2) is 9.55 Å². The molecule has 0 saturated heterocycles. The summed E-state index contributed by atoms with van der Waals surface area (Å²) in [6, 6.07) is 0. The predicted molar refractivity (Wildman–Crippen MR) is 51.0 cm³/mol. The van der Waals surface area contributed by atoms with Crippen molar-refractivity contribution in [3.63, 3.8) is 0 Å². The second-order valence-electron chi connectivity index (χ2n) is 3.01. The minimum atomic E-state index is 1.08. The van der Waals surface area contributed by atoms with E-state index in [9.17, 15) is 0 Å². The molecule has 0 saturated carbocycles. The SMILES string of the molecule is C=CCCCCn1cncc1C. The van der Waals surface area contributed by atoms with Gasteiger partial charge in [-0.15, -0.1) is 6.58 Å². The van der Waals surface area contributed by atoms with Crippen LogP contribution in [0.2, 0.25) is 0 Å².